The smallest absolute Gasteiger partial charge is 0.236 e. The van der Waals surface area contributed by atoms with E-state index in [0.29, 0.717) is 13.0 Å². The molecule has 0 spiro atoms. The van der Waals surface area contributed by atoms with E-state index in [0.717, 1.165) is 0 Å². The van der Waals surface area contributed by atoms with Crippen LogP contribution in [-0.2, 0) is 28.7 Å². The average molecular weight is 430 g/mol. The van der Waals surface area contributed by atoms with Gasteiger partial charge in [-0.2, -0.15) is 0 Å². The van der Waals surface area contributed by atoms with Crippen molar-refractivity contribution in [2.45, 2.75) is 58.0 Å². The van der Waals surface area contributed by atoms with E-state index in [1.807, 2.05) is 0 Å². The molecule has 3 saturated heterocycles. The van der Waals surface area contributed by atoms with Crippen LogP contribution in [0.25, 0.3) is 0 Å². The summed E-state index contributed by atoms with van der Waals surface area (Å²) < 4.78 is 12.0. The Hall–Kier alpha value is -2.38. The Kier molecular flexibility index (Phi) is 7.06. The first-order chi connectivity index (χ1) is 14.8. The van der Waals surface area contributed by atoms with Gasteiger partial charge >= 0.3 is 0 Å². The third-order valence-corrected chi connectivity index (χ3v) is 6.63. The number of ether oxygens (including phenoxy) is 2. The maximum atomic E-state index is 12.8. The van der Waals surface area contributed by atoms with E-state index in [-0.39, 0.29) is 29.8 Å². The van der Waals surface area contributed by atoms with Crippen molar-refractivity contribution in [2.24, 2.45) is 23.7 Å². The number of amides is 2. The quantitative estimate of drug-likeness (QED) is 0.413. The van der Waals surface area contributed by atoms with Crippen LogP contribution in [-0.4, -0.2) is 59.2 Å². The Labute approximate surface area is 183 Å². The molecule has 0 aromatic heterocycles. The fraction of sp³-hybridized carbons (Fsp3) is 0.583. The van der Waals surface area contributed by atoms with Crippen LogP contribution < -0.4 is 0 Å². The van der Waals surface area contributed by atoms with Crippen molar-refractivity contribution in [2.75, 3.05) is 6.54 Å². The molecule has 7 nitrogen and oxygen atoms in total. The molecule has 2 amide bonds. The molecule has 8 unspecified atom stereocenters. The van der Waals surface area contributed by atoms with Crippen LogP contribution in [0.3, 0.4) is 0 Å². The molecule has 0 N–H and O–H groups in total. The van der Waals surface area contributed by atoms with Gasteiger partial charge in [0, 0.05) is 19.4 Å². The summed E-state index contributed by atoms with van der Waals surface area (Å²) in [6, 6.07) is 0. The van der Waals surface area contributed by atoms with Gasteiger partial charge in [-0.25, -0.2) is 0 Å². The normalized spacial score (nSPS) is 37.5. The third-order valence-electron chi connectivity index (χ3n) is 6.63. The Balaban J connectivity index is 1.89. The van der Waals surface area contributed by atoms with Crippen LogP contribution in [0.2, 0.25) is 0 Å². The lowest BCUT2D eigenvalue weighted by Gasteiger charge is -2.20. The van der Waals surface area contributed by atoms with Crippen LogP contribution in [0, 0.1) is 23.7 Å². The number of ketones is 2. The molecule has 0 bridgehead atoms. The van der Waals surface area contributed by atoms with Crippen molar-refractivity contribution >= 4 is 23.4 Å². The van der Waals surface area contributed by atoms with Gasteiger partial charge in [-0.05, 0) is 6.92 Å². The standard InChI is InChI=1S/C24H31NO6/c1-6-13(26)19-15(8-3)30-17(20(19)14(27)7-2)11-12-18-22-21(16(9-4)31-18)23(28)25(10-5)24(22)29/h8-9,11-12,15-22H,3-4,6-7,10H2,1-2,5H3/b12-11-. The second-order valence-electron chi connectivity index (χ2n) is 8.15. The summed E-state index contributed by atoms with van der Waals surface area (Å²) in [7, 11) is 0. The maximum Gasteiger partial charge on any atom is 0.236 e. The minimum atomic E-state index is -0.634. The van der Waals surface area contributed by atoms with Crippen molar-refractivity contribution in [3.05, 3.63) is 37.5 Å². The summed E-state index contributed by atoms with van der Waals surface area (Å²) >= 11 is 0. The molecule has 0 aromatic carbocycles. The number of likely N-dealkylation sites (tertiary alicyclic amines) is 1. The van der Waals surface area contributed by atoms with Crippen LogP contribution >= 0.6 is 0 Å². The highest BCUT2D eigenvalue weighted by molar-refractivity contribution is 6.06. The second-order valence-corrected chi connectivity index (χ2v) is 8.15. The molecule has 3 aliphatic rings. The van der Waals surface area contributed by atoms with Gasteiger partial charge in [-0.1, -0.05) is 38.2 Å². The molecule has 168 valence electrons. The van der Waals surface area contributed by atoms with E-state index < -0.39 is 48.1 Å². The lowest BCUT2D eigenvalue weighted by atomic mass is 9.79. The summed E-state index contributed by atoms with van der Waals surface area (Å²) in [5, 5.41) is 0. The molecule has 7 heteroatoms. The SMILES string of the molecule is C=CC1OC(/C=C\C2OC(C=C)C3C(=O)N(CC)C(=O)C23)C(C(=O)CC)C1C(=O)CC. The highest BCUT2D eigenvalue weighted by Gasteiger charge is 2.58. The topological polar surface area (TPSA) is 90.0 Å². The first kappa shape index (κ1) is 23.3. The van der Waals surface area contributed by atoms with Crippen LogP contribution in [0.5, 0.6) is 0 Å². The highest BCUT2D eigenvalue weighted by atomic mass is 16.5. The summed E-state index contributed by atoms with van der Waals surface area (Å²) in [4.78, 5) is 52.0. The van der Waals surface area contributed by atoms with Crippen LogP contribution in [0.1, 0.15) is 33.6 Å². The number of rotatable bonds is 9. The van der Waals surface area contributed by atoms with Gasteiger partial charge in [0.1, 0.15) is 11.6 Å². The minimum Gasteiger partial charge on any atom is -0.365 e. The van der Waals surface area contributed by atoms with Crippen molar-refractivity contribution in [3.8, 4) is 0 Å². The lowest BCUT2D eigenvalue weighted by Crippen LogP contribution is -2.35. The molecule has 0 saturated carbocycles. The van der Waals surface area contributed by atoms with E-state index in [2.05, 4.69) is 13.2 Å². The zero-order chi connectivity index (χ0) is 22.9. The molecular weight excluding hydrogens is 398 g/mol. The summed E-state index contributed by atoms with van der Waals surface area (Å²) in [5.74, 6) is -2.99. The fourth-order valence-corrected chi connectivity index (χ4v) is 5.08. The van der Waals surface area contributed by atoms with Gasteiger partial charge in [-0.3, -0.25) is 24.1 Å². The van der Waals surface area contributed by atoms with Gasteiger partial charge in [0.25, 0.3) is 0 Å². The lowest BCUT2D eigenvalue weighted by molar-refractivity contribution is -0.142. The summed E-state index contributed by atoms with van der Waals surface area (Å²) in [6.07, 6.45) is 4.75. The highest BCUT2D eigenvalue weighted by Crippen LogP contribution is 2.42. The number of hydrogen-bond donors (Lipinski definition) is 0. The van der Waals surface area contributed by atoms with Crippen molar-refractivity contribution < 1.29 is 28.7 Å². The molecule has 3 aliphatic heterocycles. The van der Waals surface area contributed by atoms with Crippen molar-refractivity contribution in [3.63, 3.8) is 0 Å². The van der Waals surface area contributed by atoms with Gasteiger partial charge in [0.15, 0.2) is 0 Å². The van der Waals surface area contributed by atoms with E-state index >= 15 is 0 Å². The zero-order valence-electron chi connectivity index (χ0n) is 18.4. The van der Waals surface area contributed by atoms with E-state index in [1.165, 1.54) is 4.90 Å². The molecule has 0 radical (unpaired) electrons. The number of Topliss-reactive ketones (excluding diaryl/α,β-unsaturated/α-hetero) is 2. The molecule has 3 rings (SSSR count). The van der Waals surface area contributed by atoms with Crippen LogP contribution in [0.4, 0.5) is 0 Å². The first-order valence-electron chi connectivity index (χ1n) is 11.0. The van der Waals surface area contributed by atoms with Gasteiger partial charge in [0.2, 0.25) is 11.8 Å². The maximum absolute atomic E-state index is 12.8. The number of carbonyl (C=O) groups excluding carboxylic acids is 4. The van der Waals surface area contributed by atoms with E-state index in [4.69, 9.17) is 9.47 Å². The summed E-state index contributed by atoms with van der Waals surface area (Å²) in [5.41, 5.74) is 0. The first-order valence-corrected chi connectivity index (χ1v) is 11.0. The third kappa shape index (κ3) is 3.85. The molecule has 3 heterocycles. The van der Waals surface area contributed by atoms with Crippen molar-refractivity contribution in [1.82, 2.24) is 4.90 Å². The molecular formula is C24H31NO6. The Morgan fingerprint density at radius 2 is 1.26 bits per heavy atom. The van der Waals surface area contributed by atoms with Crippen molar-refractivity contribution in [1.29, 1.82) is 0 Å². The predicted octanol–water partition coefficient (Wildman–Crippen LogP) is 2.26. The van der Waals surface area contributed by atoms with Gasteiger partial charge in [-0.15, -0.1) is 13.2 Å². The largest absolute Gasteiger partial charge is 0.365 e. The molecule has 0 aliphatic carbocycles. The predicted molar refractivity (Wildman–Crippen MR) is 114 cm³/mol. The molecule has 3 fully saturated rings. The molecule has 31 heavy (non-hydrogen) atoms. The minimum absolute atomic E-state index is 0.0355. The van der Waals surface area contributed by atoms with Gasteiger partial charge in [0.05, 0.1) is 48.1 Å². The summed E-state index contributed by atoms with van der Waals surface area (Å²) in [6.45, 7) is 13.1. The Morgan fingerprint density at radius 3 is 1.74 bits per heavy atom. The fourth-order valence-electron chi connectivity index (χ4n) is 5.08. The monoisotopic (exact) mass is 429 g/mol. The van der Waals surface area contributed by atoms with Crippen LogP contribution in [0.15, 0.2) is 37.5 Å². The Morgan fingerprint density at radius 1 is 0.806 bits per heavy atom. The molecule has 0 aromatic rings. The van der Waals surface area contributed by atoms with E-state index in [9.17, 15) is 19.2 Å². The number of imide groups is 1. The average Bonchev–Trinajstić information content (AvgIpc) is 3.41. The van der Waals surface area contributed by atoms with Gasteiger partial charge < -0.3 is 9.47 Å². The number of hydrogen-bond acceptors (Lipinski definition) is 6. The van der Waals surface area contributed by atoms with E-state index in [1.54, 1.807) is 45.1 Å². The molecule has 8 atom stereocenters. The Bertz CT molecular complexity index is 817. The number of carbonyl (C=O) groups is 4. The number of fused-ring (bicyclic) bond motifs is 1. The number of nitrogens with zero attached hydrogens (tertiary/aromatic N) is 1. The second kappa shape index (κ2) is 9.40. The zero-order valence-corrected chi connectivity index (χ0v) is 18.4.